The Kier molecular flexibility index (Phi) is 7.71. The van der Waals surface area contributed by atoms with Gasteiger partial charge in [0.25, 0.3) is 0 Å². The molecule has 1 aromatic rings. The molecule has 26 heavy (non-hydrogen) atoms. The SMILES string of the molecule is N#CC(C#N)=C(C#N)/C=C/C=C/C=C/c1cnc(C=C2SC=CS2)cn1. The number of nitrogens with zero attached hydrogens (tertiary/aromatic N) is 5. The monoisotopic (exact) mass is 373 g/mol. The Bertz CT molecular complexity index is 933. The molecule has 5 nitrogen and oxygen atoms in total. The highest BCUT2D eigenvalue weighted by Gasteiger charge is 2.02. The summed E-state index contributed by atoms with van der Waals surface area (Å²) in [4.78, 5) is 8.66. The third-order valence-corrected chi connectivity index (χ3v) is 4.85. The standard InChI is InChI=1S/C19H11N5S2/c20-10-15(16(11-21)12-22)5-3-1-2-4-6-17-13-24-18(14-23-17)9-19-25-7-8-26-19/h1-9,13-14H/b2-1+,5-3+,6-4+. The number of aromatic nitrogens is 2. The average Bonchev–Trinajstić information content (AvgIpc) is 3.18. The maximum atomic E-state index is 8.90. The van der Waals surface area contributed by atoms with Gasteiger partial charge in [-0.05, 0) is 29.0 Å². The molecular weight excluding hydrogens is 362 g/mol. The predicted molar refractivity (Wildman–Crippen MR) is 106 cm³/mol. The molecule has 7 heteroatoms. The molecule has 0 aromatic carbocycles. The summed E-state index contributed by atoms with van der Waals surface area (Å²) in [5, 5.41) is 30.4. The molecule has 0 saturated carbocycles. The minimum atomic E-state index is -0.205. The summed E-state index contributed by atoms with van der Waals surface area (Å²) in [6, 6.07) is 5.19. The molecule has 124 valence electrons. The Labute approximate surface area is 160 Å². The smallest absolute Gasteiger partial charge is 0.147 e. The predicted octanol–water partition coefficient (Wildman–Crippen LogP) is 4.72. The van der Waals surface area contributed by atoms with Crippen molar-refractivity contribution < 1.29 is 0 Å². The summed E-state index contributed by atoms with van der Waals surface area (Å²) in [7, 11) is 0. The van der Waals surface area contributed by atoms with Crippen LogP contribution in [0.3, 0.4) is 0 Å². The summed E-state index contributed by atoms with van der Waals surface area (Å²) in [6.07, 6.45) is 15.4. The van der Waals surface area contributed by atoms with Crippen molar-refractivity contribution in [2.45, 2.75) is 0 Å². The molecule has 1 aliphatic rings. The Morgan fingerprint density at radius 2 is 1.50 bits per heavy atom. The lowest BCUT2D eigenvalue weighted by atomic mass is 10.1. The highest BCUT2D eigenvalue weighted by molar-refractivity contribution is 8.27. The lowest BCUT2D eigenvalue weighted by molar-refractivity contribution is 1.16. The Hall–Kier alpha value is -3.31. The van der Waals surface area contributed by atoms with Gasteiger partial charge in [0.2, 0.25) is 0 Å². The van der Waals surface area contributed by atoms with Crippen LogP contribution in [0, 0.1) is 34.0 Å². The van der Waals surface area contributed by atoms with Gasteiger partial charge in [0.15, 0.2) is 0 Å². The third kappa shape index (κ3) is 5.96. The minimum Gasteiger partial charge on any atom is -0.253 e. The summed E-state index contributed by atoms with van der Waals surface area (Å²) < 4.78 is 1.17. The van der Waals surface area contributed by atoms with E-state index in [1.807, 2.05) is 23.0 Å². The molecule has 0 unspecified atom stereocenters. The van der Waals surface area contributed by atoms with E-state index in [0.717, 1.165) is 11.4 Å². The van der Waals surface area contributed by atoms with Crippen molar-refractivity contribution in [3.8, 4) is 18.2 Å². The molecule has 1 aromatic heterocycles. The van der Waals surface area contributed by atoms with Crippen LogP contribution in [0.4, 0.5) is 0 Å². The first-order valence-electron chi connectivity index (χ1n) is 7.25. The molecule has 0 saturated heterocycles. The van der Waals surface area contributed by atoms with Crippen LogP contribution in [0.25, 0.3) is 12.2 Å². The zero-order valence-corrected chi connectivity index (χ0v) is 15.0. The minimum absolute atomic E-state index is 0.0352. The van der Waals surface area contributed by atoms with E-state index in [4.69, 9.17) is 15.8 Å². The van der Waals surface area contributed by atoms with Crippen LogP contribution in [-0.2, 0) is 0 Å². The number of nitriles is 3. The van der Waals surface area contributed by atoms with Crippen LogP contribution in [0.15, 0.2) is 69.0 Å². The fraction of sp³-hybridized carbons (Fsp3) is 0. The van der Waals surface area contributed by atoms with Crippen molar-refractivity contribution >= 4 is 35.7 Å². The second-order valence-electron chi connectivity index (χ2n) is 4.56. The molecule has 2 rings (SSSR count). The van der Waals surface area contributed by atoms with Crippen LogP contribution < -0.4 is 0 Å². The summed E-state index contributed by atoms with van der Waals surface area (Å²) in [6.45, 7) is 0. The Balaban J connectivity index is 1.93. The van der Waals surface area contributed by atoms with Gasteiger partial charge in [-0.25, -0.2) is 0 Å². The first-order chi connectivity index (χ1) is 12.8. The van der Waals surface area contributed by atoms with Gasteiger partial charge < -0.3 is 0 Å². The number of hydrogen-bond acceptors (Lipinski definition) is 7. The molecule has 0 fully saturated rings. The topological polar surface area (TPSA) is 97.2 Å². The van der Waals surface area contributed by atoms with Gasteiger partial charge in [0.1, 0.15) is 23.8 Å². The van der Waals surface area contributed by atoms with E-state index in [2.05, 4.69) is 9.97 Å². The van der Waals surface area contributed by atoms with Crippen molar-refractivity contribution in [2.24, 2.45) is 0 Å². The highest BCUT2D eigenvalue weighted by Crippen LogP contribution is 2.38. The summed E-state index contributed by atoms with van der Waals surface area (Å²) >= 11 is 3.32. The van der Waals surface area contributed by atoms with Crippen molar-refractivity contribution in [3.63, 3.8) is 0 Å². The lowest BCUT2D eigenvalue weighted by Crippen LogP contribution is -1.86. The van der Waals surface area contributed by atoms with Crippen LogP contribution in [0.2, 0.25) is 0 Å². The van der Waals surface area contributed by atoms with E-state index in [1.165, 1.54) is 10.3 Å². The first kappa shape index (κ1) is 19.0. The molecular formula is C19H11N5S2. The van der Waals surface area contributed by atoms with E-state index in [9.17, 15) is 0 Å². The fourth-order valence-electron chi connectivity index (χ4n) is 1.67. The van der Waals surface area contributed by atoms with Gasteiger partial charge in [0.05, 0.1) is 33.6 Å². The third-order valence-electron chi connectivity index (χ3n) is 2.86. The van der Waals surface area contributed by atoms with Crippen LogP contribution in [-0.4, -0.2) is 9.97 Å². The lowest BCUT2D eigenvalue weighted by Gasteiger charge is -1.96. The number of rotatable bonds is 5. The molecule has 0 bridgehead atoms. The van der Waals surface area contributed by atoms with E-state index < -0.39 is 0 Å². The summed E-state index contributed by atoms with van der Waals surface area (Å²) in [5.41, 5.74) is 1.36. The van der Waals surface area contributed by atoms with E-state index in [0.29, 0.717) is 0 Å². The number of thioether (sulfide) groups is 2. The van der Waals surface area contributed by atoms with Gasteiger partial charge in [-0.1, -0.05) is 47.8 Å². The molecule has 0 aliphatic carbocycles. The van der Waals surface area contributed by atoms with E-state index in [-0.39, 0.29) is 11.1 Å². The van der Waals surface area contributed by atoms with Crippen LogP contribution >= 0.6 is 23.5 Å². The molecule has 0 radical (unpaired) electrons. The van der Waals surface area contributed by atoms with Crippen molar-refractivity contribution in [2.75, 3.05) is 0 Å². The highest BCUT2D eigenvalue weighted by atomic mass is 32.2. The fourth-order valence-corrected chi connectivity index (χ4v) is 3.32. The zero-order valence-electron chi connectivity index (χ0n) is 13.4. The van der Waals surface area contributed by atoms with Gasteiger partial charge in [0, 0.05) is 0 Å². The van der Waals surface area contributed by atoms with E-state index in [1.54, 1.807) is 78.4 Å². The molecule has 0 amide bonds. The quantitative estimate of drug-likeness (QED) is 0.544. The largest absolute Gasteiger partial charge is 0.253 e. The second kappa shape index (κ2) is 10.5. The van der Waals surface area contributed by atoms with Crippen LogP contribution in [0.1, 0.15) is 11.4 Å². The van der Waals surface area contributed by atoms with Gasteiger partial charge in [-0.3, -0.25) is 9.97 Å². The maximum absolute atomic E-state index is 8.90. The maximum Gasteiger partial charge on any atom is 0.147 e. The average molecular weight is 373 g/mol. The van der Waals surface area contributed by atoms with E-state index >= 15 is 0 Å². The normalized spacial score (nSPS) is 13.0. The van der Waals surface area contributed by atoms with Gasteiger partial charge >= 0.3 is 0 Å². The first-order valence-corrected chi connectivity index (χ1v) is 9.01. The Morgan fingerprint density at radius 3 is 2.12 bits per heavy atom. The summed E-state index contributed by atoms with van der Waals surface area (Å²) in [5.74, 6) is 0. The molecule has 0 N–H and O–H groups in total. The Morgan fingerprint density at radius 1 is 0.846 bits per heavy atom. The molecule has 0 spiro atoms. The molecule has 1 aliphatic heterocycles. The number of allylic oxidation sites excluding steroid dienone is 7. The van der Waals surface area contributed by atoms with Crippen LogP contribution in [0.5, 0.6) is 0 Å². The van der Waals surface area contributed by atoms with Crippen molar-refractivity contribution in [3.05, 3.63) is 80.4 Å². The molecule has 0 atom stereocenters. The van der Waals surface area contributed by atoms with Gasteiger partial charge in [-0.15, -0.1) is 0 Å². The van der Waals surface area contributed by atoms with Crippen molar-refractivity contribution in [1.29, 1.82) is 15.8 Å². The second-order valence-corrected chi connectivity index (χ2v) is 6.72. The molecule has 2 heterocycles. The number of hydrogen-bond donors (Lipinski definition) is 0. The van der Waals surface area contributed by atoms with Crippen molar-refractivity contribution in [1.82, 2.24) is 9.97 Å². The zero-order chi connectivity index (χ0) is 18.6. The van der Waals surface area contributed by atoms with Gasteiger partial charge in [-0.2, -0.15) is 15.8 Å².